The zero-order chi connectivity index (χ0) is 13.1. The summed E-state index contributed by atoms with van der Waals surface area (Å²) in [6.07, 6.45) is 6.25. The third-order valence-electron chi connectivity index (χ3n) is 3.41. The van der Waals surface area contributed by atoms with Gasteiger partial charge in [-0.3, -0.25) is 0 Å². The number of tetrazole rings is 1. The molecule has 19 heavy (non-hydrogen) atoms. The molecular formula is C12H17N5OS. The van der Waals surface area contributed by atoms with Crippen molar-refractivity contribution in [2.75, 3.05) is 0 Å². The first kappa shape index (κ1) is 12.7. The van der Waals surface area contributed by atoms with Crippen LogP contribution in [0, 0.1) is 6.92 Å². The topological polar surface area (TPSA) is 69.6 Å². The highest BCUT2D eigenvalue weighted by Gasteiger charge is 2.20. The average molecular weight is 279 g/mol. The number of nitrogens with zero attached hydrogens (tertiary/aromatic N) is 5. The summed E-state index contributed by atoms with van der Waals surface area (Å²) in [6.45, 7) is 1.90. The van der Waals surface area contributed by atoms with Gasteiger partial charge in [0.1, 0.15) is 5.76 Å². The van der Waals surface area contributed by atoms with Gasteiger partial charge >= 0.3 is 0 Å². The van der Waals surface area contributed by atoms with Crippen LogP contribution in [0.4, 0.5) is 0 Å². The molecule has 2 aromatic heterocycles. The zero-order valence-electron chi connectivity index (χ0n) is 10.9. The molecule has 0 atom stereocenters. The van der Waals surface area contributed by atoms with Crippen molar-refractivity contribution in [2.24, 2.45) is 0 Å². The molecule has 1 saturated carbocycles. The minimum Gasteiger partial charge on any atom is -0.361 e. The lowest BCUT2D eigenvalue weighted by Crippen LogP contribution is -2.15. The molecule has 0 radical (unpaired) electrons. The predicted octanol–water partition coefficient (Wildman–Crippen LogP) is 2.77. The number of aromatic nitrogens is 5. The molecule has 0 amide bonds. The molecule has 2 heterocycles. The lowest BCUT2D eigenvalue weighted by atomic mass is 9.96. The first-order valence-corrected chi connectivity index (χ1v) is 7.64. The van der Waals surface area contributed by atoms with Crippen molar-refractivity contribution in [3.63, 3.8) is 0 Å². The molecule has 0 aliphatic heterocycles. The Morgan fingerprint density at radius 1 is 1.37 bits per heavy atom. The summed E-state index contributed by atoms with van der Waals surface area (Å²) >= 11 is 1.62. The Balaban J connectivity index is 1.66. The van der Waals surface area contributed by atoms with Crippen molar-refractivity contribution in [3.05, 3.63) is 17.5 Å². The Morgan fingerprint density at radius 3 is 2.95 bits per heavy atom. The second kappa shape index (κ2) is 5.73. The Bertz CT molecular complexity index is 532. The summed E-state index contributed by atoms with van der Waals surface area (Å²) in [7, 11) is 0. The monoisotopic (exact) mass is 279 g/mol. The molecule has 6 nitrogen and oxygen atoms in total. The standard InChI is InChI=1S/C12H17N5OS/c1-9-7-10(14-18-9)8-19-12-13-15-16-17(12)11-5-3-2-4-6-11/h7,11H,2-6,8H2,1H3. The van der Waals surface area contributed by atoms with Gasteiger partial charge in [-0.25, -0.2) is 4.68 Å². The third-order valence-corrected chi connectivity index (χ3v) is 4.38. The maximum atomic E-state index is 5.06. The minimum atomic E-state index is 0.463. The van der Waals surface area contributed by atoms with Crippen molar-refractivity contribution in [3.8, 4) is 0 Å². The predicted molar refractivity (Wildman–Crippen MR) is 70.7 cm³/mol. The van der Waals surface area contributed by atoms with Crippen LogP contribution in [-0.2, 0) is 5.75 Å². The van der Waals surface area contributed by atoms with Crippen molar-refractivity contribution in [1.82, 2.24) is 25.4 Å². The summed E-state index contributed by atoms with van der Waals surface area (Å²) < 4.78 is 7.04. The van der Waals surface area contributed by atoms with Gasteiger partial charge in [-0.15, -0.1) is 5.10 Å². The summed E-state index contributed by atoms with van der Waals surface area (Å²) in [5.74, 6) is 1.58. The molecule has 0 saturated heterocycles. The summed E-state index contributed by atoms with van der Waals surface area (Å²) in [5.41, 5.74) is 0.931. The molecule has 102 valence electrons. The number of rotatable bonds is 4. The molecule has 1 aliphatic carbocycles. The van der Waals surface area contributed by atoms with E-state index in [1.807, 2.05) is 17.7 Å². The summed E-state index contributed by atoms with van der Waals surface area (Å²) in [5, 5.41) is 16.9. The first-order chi connectivity index (χ1) is 9.33. The third kappa shape index (κ3) is 2.97. The summed E-state index contributed by atoms with van der Waals surface area (Å²) in [6, 6.07) is 2.41. The van der Waals surface area contributed by atoms with Gasteiger partial charge in [0.05, 0.1) is 11.7 Å². The lowest BCUT2D eigenvalue weighted by molar-refractivity contribution is 0.307. The maximum Gasteiger partial charge on any atom is 0.209 e. The highest BCUT2D eigenvalue weighted by molar-refractivity contribution is 7.98. The fourth-order valence-electron chi connectivity index (χ4n) is 2.46. The molecule has 0 spiro atoms. The number of hydrogen-bond acceptors (Lipinski definition) is 6. The van der Waals surface area contributed by atoms with E-state index < -0.39 is 0 Å². The van der Waals surface area contributed by atoms with Gasteiger partial charge in [-0.1, -0.05) is 36.2 Å². The molecule has 0 bridgehead atoms. The van der Waals surface area contributed by atoms with E-state index in [0.29, 0.717) is 6.04 Å². The van der Waals surface area contributed by atoms with Crippen molar-refractivity contribution < 1.29 is 4.52 Å². The Kier molecular flexibility index (Phi) is 3.82. The van der Waals surface area contributed by atoms with Gasteiger partial charge in [-0.2, -0.15) is 0 Å². The smallest absolute Gasteiger partial charge is 0.209 e. The highest BCUT2D eigenvalue weighted by Crippen LogP contribution is 2.30. The van der Waals surface area contributed by atoms with Gasteiger partial charge in [0.25, 0.3) is 0 Å². The molecule has 7 heteroatoms. The average Bonchev–Trinajstić information content (AvgIpc) is 3.06. The molecule has 1 aliphatic rings. The number of aryl methyl sites for hydroxylation is 1. The van der Waals surface area contributed by atoms with Crippen LogP contribution >= 0.6 is 11.8 Å². The van der Waals surface area contributed by atoms with Crippen LogP contribution in [0.15, 0.2) is 15.7 Å². The van der Waals surface area contributed by atoms with Crippen LogP contribution in [0.3, 0.4) is 0 Å². The first-order valence-electron chi connectivity index (χ1n) is 6.66. The Labute approximate surface area is 115 Å². The molecular weight excluding hydrogens is 262 g/mol. The van der Waals surface area contributed by atoms with E-state index in [9.17, 15) is 0 Å². The molecule has 0 unspecified atom stereocenters. The van der Waals surface area contributed by atoms with Crippen LogP contribution in [-0.4, -0.2) is 25.4 Å². The van der Waals surface area contributed by atoms with Gasteiger partial charge in [-0.05, 0) is 30.2 Å². The van der Waals surface area contributed by atoms with Crippen LogP contribution in [0.25, 0.3) is 0 Å². The van der Waals surface area contributed by atoms with Gasteiger partial charge in [0.2, 0.25) is 5.16 Å². The fraction of sp³-hybridized carbons (Fsp3) is 0.667. The van der Waals surface area contributed by atoms with Crippen LogP contribution < -0.4 is 0 Å². The Morgan fingerprint density at radius 2 is 2.21 bits per heavy atom. The minimum absolute atomic E-state index is 0.463. The van der Waals surface area contributed by atoms with Gasteiger partial charge in [0.15, 0.2) is 0 Å². The largest absolute Gasteiger partial charge is 0.361 e. The molecule has 3 rings (SSSR count). The maximum absolute atomic E-state index is 5.06. The zero-order valence-corrected chi connectivity index (χ0v) is 11.8. The van der Waals surface area contributed by atoms with E-state index in [2.05, 4.69) is 20.7 Å². The van der Waals surface area contributed by atoms with Gasteiger partial charge < -0.3 is 4.52 Å². The van der Waals surface area contributed by atoms with E-state index in [-0.39, 0.29) is 0 Å². The van der Waals surface area contributed by atoms with Crippen molar-refractivity contribution >= 4 is 11.8 Å². The van der Waals surface area contributed by atoms with E-state index in [0.717, 1.165) is 22.4 Å². The van der Waals surface area contributed by atoms with Crippen LogP contribution in [0.5, 0.6) is 0 Å². The number of thioether (sulfide) groups is 1. The second-order valence-corrected chi connectivity index (χ2v) is 5.86. The van der Waals surface area contributed by atoms with E-state index in [4.69, 9.17) is 4.52 Å². The Hall–Kier alpha value is -1.37. The molecule has 1 fully saturated rings. The van der Waals surface area contributed by atoms with E-state index in [1.165, 1.54) is 32.1 Å². The van der Waals surface area contributed by atoms with Crippen molar-refractivity contribution in [1.29, 1.82) is 0 Å². The van der Waals surface area contributed by atoms with Crippen LogP contribution in [0.1, 0.15) is 49.6 Å². The SMILES string of the molecule is Cc1cc(CSc2nnnn2C2CCCCC2)no1. The van der Waals surface area contributed by atoms with Crippen LogP contribution in [0.2, 0.25) is 0 Å². The molecule has 0 aromatic carbocycles. The molecule has 2 aromatic rings. The van der Waals surface area contributed by atoms with Crippen molar-refractivity contribution in [2.45, 2.75) is 56.0 Å². The highest BCUT2D eigenvalue weighted by atomic mass is 32.2. The normalized spacial score (nSPS) is 16.9. The fourth-order valence-corrected chi connectivity index (χ4v) is 3.28. The quantitative estimate of drug-likeness (QED) is 0.801. The second-order valence-electron chi connectivity index (χ2n) is 4.92. The van der Waals surface area contributed by atoms with E-state index in [1.54, 1.807) is 11.8 Å². The lowest BCUT2D eigenvalue weighted by Gasteiger charge is -2.21. The van der Waals surface area contributed by atoms with E-state index >= 15 is 0 Å². The number of hydrogen-bond donors (Lipinski definition) is 0. The van der Waals surface area contributed by atoms with Gasteiger partial charge in [0, 0.05) is 11.8 Å². The summed E-state index contributed by atoms with van der Waals surface area (Å²) in [4.78, 5) is 0. The molecule has 0 N–H and O–H groups in total.